The summed E-state index contributed by atoms with van der Waals surface area (Å²) in [7, 11) is 1.85. The van der Waals surface area contributed by atoms with E-state index in [2.05, 4.69) is 20.0 Å². The fraction of sp³-hybridized carbons (Fsp3) is 0.389. The molecule has 0 bridgehead atoms. The third-order valence-corrected chi connectivity index (χ3v) is 4.93. The summed E-state index contributed by atoms with van der Waals surface area (Å²) in [4.78, 5) is 11.3. The molecule has 1 fully saturated rings. The van der Waals surface area contributed by atoms with Gasteiger partial charge in [-0.15, -0.1) is 0 Å². The maximum absolute atomic E-state index is 13.4. The first-order valence-corrected chi connectivity index (χ1v) is 8.46. The predicted molar refractivity (Wildman–Crippen MR) is 95.9 cm³/mol. The van der Waals surface area contributed by atoms with E-state index >= 15 is 0 Å². The molecule has 2 aromatic heterocycles. The second kappa shape index (κ2) is 5.98. The van der Waals surface area contributed by atoms with Crippen LogP contribution >= 0.6 is 0 Å². The molecule has 1 aliphatic rings. The van der Waals surface area contributed by atoms with E-state index in [1.165, 1.54) is 5.56 Å². The molecule has 1 aliphatic heterocycles. The van der Waals surface area contributed by atoms with Gasteiger partial charge in [0, 0.05) is 20.1 Å². The fourth-order valence-corrected chi connectivity index (χ4v) is 3.52. The smallest absolute Gasteiger partial charge is 0.229 e. The number of aryl methyl sites for hydroxylation is 2. The summed E-state index contributed by atoms with van der Waals surface area (Å²) in [6.45, 7) is 3.58. The van der Waals surface area contributed by atoms with Gasteiger partial charge in [-0.2, -0.15) is 15.1 Å². The van der Waals surface area contributed by atoms with Crippen LogP contribution < -0.4 is 10.6 Å². The summed E-state index contributed by atoms with van der Waals surface area (Å²) in [5.74, 6) is 1.47. The van der Waals surface area contributed by atoms with Crippen molar-refractivity contribution in [1.82, 2.24) is 19.7 Å². The Kier molecular flexibility index (Phi) is 3.78. The quantitative estimate of drug-likeness (QED) is 0.793. The van der Waals surface area contributed by atoms with Crippen LogP contribution in [0.4, 0.5) is 16.2 Å². The molecule has 1 atom stereocenters. The lowest BCUT2D eigenvalue weighted by molar-refractivity contribution is 0.581. The monoisotopic (exact) mass is 340 g/mol. The molecule has 0 saturated carbocycles. The third kappa shape index (κ3) is 2.90. The van der Waals surface area contributed by atoms with Gasteiger partial charge in [-0.05, 0) is 42.9 Å². The maximum atomic E-state index is 13.4. The third-order valence-electron chi connectivity index (χ3n) is 4.93. The molecule has 25 heavy (non-hydrogen) atoms. The minimum atomic E-state index is -0.148. The van der Waals surface area contributed by atoms with E-state index in [0.717, 1.165) is 37.0 Å². The van der Waals surface area contributed by atoms with E-state index in [-0.39, 0.29) is 5.82 Å². The van der Waals surface area contributed by atoms with Crippen LogP contribution in [0.2, 0.25) is 0 Å². The van der Waals surface area contributed by atoms with Crippen LogP contribution in [0.1, 0.15) is 17.5 Å². The first-order valence-electron chi connectivity index (χ1n) is 8.46. The SMILES string of the molecule is Cc1cc(CC2CCN(c3nc(N)c4cnn(C)c4n3)C2)ccc1F. The van der Waals surface area contributed by atoms with Crippen molar-refractivity contribution >= 4 is 22.8 Å². The van der Waals surface area contributed by atoms with Crippen LogP contribution in [0.5, 0.6) is 0 Å². The van der Waals surface area contributed by atoms with Crippen molar-refractivity contribution in [1.29, 1.82) is 0 Å². The molecule has 130 valence electrons. The second-order valence-corrected chi connectivity index (χ2v) is 6.80. The number of aromatic nitrogens is 4. The van der Waals surface area contributed by atoms with Crippen LogP contribution in [0.15, 0.2) is 24.4 Å². The van der Waals surface area contributed by atoms with Crippen LogP contribution in [-0.4, -0.2) is 32.8 Å². The number of nitrogens with zero attached hydrogens (tertiary/aromatic N) is 5. The van der Waals surface area contributed by atoms with Gasteiger partial charge in [0.2, 0.25) is 5.95 Å². The van der Waals surface area contributed by atoms with Gasteiger partial charge >= 0.3 is 0 Å². The van der Waals surface area contributed by atoms with Crippen LogP contribution in [-0.2, 0) is 13.5 Å². The number of fused-ring (bicyclic) bond motifs is 1. The molecule has 0 aliphatic carbocycles. The van der Waals surface area contributed by atoms with Crippen molar-refractivity contribution in [3.8, 4) is 0 Å². The summed E-state index contributed by atoms with van der Waals surface area (Å²) in [6.07, 6.45) is 3.68. The van der Waals surface area contributed by atoms with E-state index in [4.69, 9.17) is 5.73 Å². The number of nitrogens with two attached hydrogens (primary N) is 1. The van der Waals surface area contributed by atoms with E-state index in [1.807, 2.05) is 19.2 Å². The van der Waals surface area contributed by atoms with Gasteiger partial charge in [0.05, 0.1) is 11.6 Å². The number of hydrogen-bond donors (Lipinski definition) is 1. The van der Waals surface area contributed by atoms with Gasteiger partial charge in [-0.1, -0.05) is 12.1 Å². The lowest BCUT2D eigenvalue weighted by atomic mass is 9.97. The van der Waals surface area contributed by atoms with E-state index in [9.17, 15) is 4.39 Å². The molecule has 0 spiro atoms. The summed E-state index contributed by atoms with van der Waals surface area (Å²) >= 11 is 0. The molecule has 1 unspecified atom stereocenters. The van der Waals surface area contributed by atoms with E-state index in [0.29, 0.717) is 23.2 Å². The molecule has 2 N–H and O–H groups in total. The standard InChI is InChI=1S/C18H21FN6/c1-11-7-12(3-4-15(11)19)8-13-5-6-25(10-13)18-22-16(20)14-9-21-24(2)17(14)23-18/h3-4,7,9,13H,5-6,8,10H2,1-2H3,(H2,20,22,23). The van der Waals surface area contributed by atoms with E-state index < -0.39 is 0 Å². The Labute approximate surface area is 145 Å². The second-order valence-electron chi connectivity index (χ2n) is 6.80. The minimum absolute atomic E-state index is 0.148. The zero-order chi connectivity index (χ0) is 17.6. The first-order chi connectivity index (χ1) is 12.0. The molecule has 6 nitrogen and oxygen atoms in total. The van der Waals surface area contributed by atoms with Crippen molar-refractivity contribution in [3.63, 3.8) is 0 Å². The molecule has 7 heteroatoms. The molecular formula is C18H21FN6. The van der Waals surface area contributed by atoms with Crippen LogP contribution in [0.3, 0.4) is 0 Å². The fourth-order valence-electron chi connectivity index (χ4n) is 3.52. The highest BCUT2D eigenvalue weighted by Crippen LogP contribution is 2.27. The highest BCUT2D eigenvalue weighted by Gasteiger charge is 2.25. The zero-order valence-corrected chi connectivity index (χ0v) is 14.4. The Morgan fingerprint density at radius 2 is 2.16 bits per heavy atom. The molecule has 3 heterocycles. The Bertz CT molecular complexity index is 935. The number of rotatable bonds is 3. The molecule has 1 saturated heterocycles. The topological polar surface area (TPSA) is 72.9 Å². The lowest BCUT2D eigenvalue weighted by Crippen LogP contribution is -2.23. The Morgan fingerprint density at radius 1 is 1.32 bits per heavy atom. The Hall–Kier alpha value is -2.70. The van der Waals surface area contributed by atoms with E-state index in [1.54, 1.807) is 23.9 Å². The molecule has 3 aromatic rings. The lowest BCUT2D eigenvalue weighted by Gasteiger charge is -2.17. The molecular weight excluding hydrogens is 319 g/mol. The van der Waals surface area contributed by atoms with Crippen molar-refractivity contribution in [2.24, 2.45) is 13.0 Å². The van der Waals surface area contributed by atoms with Crippen molar-refractivity contribution in [2.75, 3.05) is 23.7 Å². The van der Waals surface area contributed by atoms with Crippen molar-refractivity contribution in [3.05, 3.63) is 41.3 Å². The number of anilines is 2. The molecule has 0 radical (unpaired) electrons. The first kappa shape index (κ1) is 15.8. The number of nitrogen functional groups attached to an aromatic ring is 1. The summed E-state index contributed by atoms with van der Waals surface area (Å²) in [6, 6.07) is 5.37. The summed E-state index contributed by atoms with van der Waals surface area (Å²) in [5.41, 5.74) is 8.68. The predicted octanol–water partition coefficient (Wildman–Crippen LogP) is 2.46. The summed E-state index contributed by atoms with van der Waals surface area (Å²) in [5, 5.41) is 4.98. The van der Waals surface area contributed by atoms with Crippen molar-refractivity contribution < 1.29 is 4.39 Å². The minimum Gasteiger partial charge on any atom is -0.383 e. The van der Waals surface area contributed by atoms with Crippen LogP contribution in [0.25, 0.3) is 11.0 Å². The van der Waals surface area contributed by atoms with Gasteiger partial charge in [-0.25, -0.2) is 4.39 Å². The molecule has 4 rings (SSSR count). The number of benzene rings is 1. The summed E-state index contributed by atoms with van der Waals surface area (Å²) < 4.78 is 15.1. The molecule has 0 amide bonds. The highest BCUT2D eigenvalue weighted by atomic mass is 19.1. The number of hydrogen-bond acceptors (Lipinski definition) is 5. The van der Waals surface area contributed by atoms with Gasteiger partial charge in [0.15, 0.2) is 5.65 Å². The van der Waals surface area contributed by atoms with Gasteiger partial charge in [0.1, 0.15) is 11.6 Å². The number of halogens is 1. The zero-order valence-electron chi connectivity index (χ0n) is 14.4. The molecule has 1 aromatic carbocycles. The largest absolute Gasteiger partial charge is 0.383 e. The van der Waals surface area contributed by atoms with Crippen molar-refractivity contribution in [2.45, 2.75) is 19.8 Å². The normalized spacial score (nSPS) is 17.6. The van der Waals surface area contributed by atoms with Gasteiger partial charge in [-0.3, -0.25) is 4.68 Å². The average Bonchev–Trinajstić information content (AvgIpc) is 3.19. The van der Waals surface area contributed by atoms with Gasteiger partial charge < -0.3 is 10.6 Å². The maximum Gasteiger partial charge on any atom is 0.229 e. The highest BCUT2D eigenvalue weighted by molar-refractivity contribution is 5.86. The Morgan fingerprint density at radius 3 is 2.96 bits per heavy atom. The Balaban J connectivity index is 1.52. The van der Waals surface area contributed by atoms with Gasteiger partial charge in [0.25, 0.3) is 0 Å². The van der Waals surface area contributed by atoms with Crippen LogP contribution in [0, 0.1) is 18.7 Å². The average molecular weight is 340 g/mol.